The fraction of sp³-hybridized carbons (Fsp3) is 0.469. The number of hydrogen-bond donors (Lipinski definition) is 0. The summed E-state index contributed by atoms with van der Waals surface area (Å²) in [7, 11) is 0. The maximum atomic E-state index is 6.50. The highest BCUT2D eigenvalue weighted by molar-refractivity contribution is 5.78. The van der Waals surface area contributed by atoms with Gasteiger partial charge in [-0.05, 0) is 54.9 Å². The highest BCUT2D eigenvalue weighted by Gasteiger charge is 2.39. The van der Waals surface area contributed by atoms with Gasteiger partial charge in [-0.2, -0.15) is 0 Å². The average Bonchev–Trinajstić information content (AvgIpc) is 3.33. The largest absolute Gasteiger partial charge is 0.379 e. The molecular weight excluding hydrogens is 444 g/mol. The fourth-order valence-corrected chi connectivity index (χ4v) is 5.15. The Balaban J connectivity index is 1.40. The molecule has 4 rings (SSSR count). The molecule has 2 aliphatic rings. The van der Waals surface area contributed by atoms with Gasteiger partial charge in [0.05, 0.1) is 18.8 Å². The zero-order valence-electron chi connectivity index (χ0n) is 21.9. The zero-order chi connectivity index (χ0) is 25.0. The van der Waals surface area contributed by atoms with Gasteiger partial charge in [-0.3, -0.25) is 9.89 Å². The molecule has 1 aliphatic heterocycles. The molecular formula is C32H42N2O2. The van der Waals surface area contributed by atoms with E-state index in [1.165, 1.54) is 24.0 Å². The van der Waals surface area contributed by atoms with Crippen LogP contribution >= 0.6 is 0 Å². The Morgan fingerprint density at radius 2 is 1.72 bits per heavy atom. The van der Waals surface area contributed by atoms with Crippen LogP contribution in [-0.2, 0) is 9.47 Å². The minimum atomic E-state index is -0.0222. The molecule has 0 bridgehead atoms. The van der Waals surface area contributed by atoms with Crippen LogP contribution in [0, 0.1) is 5.92 Å². The predicted molar refractivity (Wildman–Crippen MR) is 151 cm³/mol. The second kappa shape index (κ2) is 14.3. The van der Waals surface area contributed by atoms with E-state index in [9.17, 15) is 0 Å². The first-order valence-electron chi connectivity index (χ1n) is 13.7. The third-order valence-electron chi connectivity index (χ3n) is 7.32. The lowest BCUT2D eigenvalue weighted by molar-refractivity contribution is -0.0214. The Hall–Kier alpha value is -2.53. The lowest BCUT2D eigenvalue weighted by Gasteiger charge is -2.38. The van der Waals surface area contributed by atoms with Crippen LogP contribution in [0.4, 0.5) is 0 Å². The van der Waals surface area contributed by atoms with Crippen LogP contribution in [0.1, 0.15) is 57.1 Å². The summed E-state index contributed by atoms with van der Waals surface area (Å²) in [6.45, 7) is 6.94. The van der Waals surface area contributed by atoms with Crippen molar-refractivity contribution in [3.63, 3.8) is 0 Å². The van der Waals surface area contributed by atoms with Gasteiger partial charge in [-0.15, -0.1) is 0 Å². The number of rotatable bonds is 11. The van der Waals surface area contributed by atoms with Crippen LogP contribution in [-0.4, -0.2) is 55.3 Å². The predicted octanol–water partition coefficient (Wildman–Crippen LogP) is 6.88. The number of unbranched alkanes of at least 4 members (excludes halogenated alkanes) is 1. The molecule has 0 radical (unpaired) electrons. The van der Waals surface area contributed by atoms with Crippen molar-refractivity contribution in [3.05, 3.63) is 83.9 Å². The first-order valence-corrected chi connectivity index (χ1v) is 13.7. The zero-order valence-corrected chi connectivity index (χ0v) is 21.9. The summed E-state index contributed by atoms with van der Waals surface area (Å²) in [4.78, 5) is 7.54. The Labute approximate surface area is 217 Å². The Kier molecular flexibility index (Phi) is 10.5. The minimum absolute atomic E-state index is 0.0222. The summed E-state index contributed by atoms with van der Waals surface area (Å²) in [6, 6.07) is 21.7. The SMILES string of the molecule is CCCCOCC1CN(C2CC[C@@H](C)C(/N=C/C=C/c3ccccc3)C2)C(/C=C/c2ccccc2)O1. The number of benzene rings is 2. The van der Waals surface area contributed by atoms with Crippen LogP contribution in [0.2, 0.25) is 0 Å². The first kappa shape index (κ1) is 26.5. The number of hydrogen-bond acceptors (Lipinski definition) is 4. The van der Waals surface area contributed by atoms with Crippen molar-refractivity contribution in [3.8, 4) is 0 Å². The quantitative estimate of drug-likeness (QED) is 0.256. The summed E-state index contributed by atoms with van der Waals surface area (Å²) in [5.74, 6) is 0.595. The lowest BCUT2D eigenvalue weighted by Crippen LogP contribution is -2.44. The van der Waals surface area contributed by atoms with Gasteiger partial charge in [0.25, 0.3) is 0 Å². The second-order valence-corrected chi connectivity index (χ2v) is 10.1. The molecule has 1 saturated heterocycles. The molecule has 1 saturated carbocycles. The molecule has 0 aromatic heterocycles. The first-order chi connectivity index (χ1) is 17.7. The summed E-state index contributed by atoms with van der Waals surface area (Å²) < 4.78 is 12.4. The third-order valence-corrected chi connectivity index (χ3v) is 7.32. The van der Waals surface area contributed by atoms with Crippen LogP contribution < -0.4 is 0 Å². The monoisotopic (exact) mass is 486 g/mol. The maximum absolute atomic E-state index is 6.50. The summed E-state index contributed by atoms with van der Waals surface area (Å²) >= 11 is 0. The molecule has 36 heavy (non-hydrogen) atoms. The molecule has 0 spiro atoms. The summed E-state index contributed by atoms with van der Waals surface area (Å²) in [6.07, 6.45) is 16.4. The maximum Gasteiger partial charge on any atom is 0.131 e. The lowest BCUT2D eigenvalue weighted by atomic mass is 9.82. The Bertz CT molecular complexity index is 972. The smallest absolute Gasteiger partial charge is 0.131 e. The van der Waals surface area contributed by atoms with Gasteiger partial charge >= 0.3 is 0 Å². The van der Waals surface area contributed by atoms with E-state index >= 15 is 0 Å². The minimum Gasteiger partial charge on any atom is -0.379 e. The van der Waals surface area contributed by atoms with Crippen LogP contribution in [0.25, 0.3) is 12.2 Å². The number of aliphatic imine (C=N–C) groups is 1. The highest BCUT2D eigenvalue weighted by atomic mass is 16.6. The third kappa shape index (κ3) is 7.99. The van der Waals surface area contributed by atoms with Gasteiger partial charge in [-0.1, -0.05) is 93.1 Å². The van der Waals surface area contributed by atoms with Crippen molar-refractivity contribution in [1.82, 2.24) is 4.90 Å². The van der Waals surface area contributed by atoms with Gasteiger partial charge in [0.2, 0.25) is 0 Å². The molecule has 4 heteroatoms. The molecule has 0 amide bonds. The van der Waals surface area contributed by atoms with Crippen molar-refractivity contribution in [2.45, 2.75) is 70.4 Å². The van der Waals surface area contributed by atoms with Crippen molar-refractivity contribution < 1.29 is 9.47 Å². The molecule has 1 heterocycles. The molecule has 2 aromatic carbocycles. The summed E-state index contributed by atoms with van der Waals surface area (Å²) in [5.41, 5.74) is 2.40. The number of allylic oxidation sites excluding steroid dienone is 1. The van der Waals surface area contributed by atoms with Gasteiger partial charge in [0, 0.05) is 25.4 Å². The molecule has 2 fully saturated rings. The normalized spacial score (nSPS) is 27.6. The van der Waals surface area contributed by atoms with E-state index in [1.54, 1.807) is 0 Å². The van der Waals surface area contributed by atoms with Gasteiger partial charge in [-0.25, -0.2) is 0 Å². The topological polar surface area (TPSA) is 34.1 Å². The van der Waals surface area contributed by atoms with E-state index in [2.05, 4.69) is 97.6 Å². The van der Waals surface area contributed by atoms with Gasteiger partial charge < -0.3 is 9.47 Å². The number of ether oxygens (including phenoxy) is 2. The molecule has 5 atom stereocenters. The fourth-order valence-electron chi connectivity index (χ4n) is 5.15. The van der Waals surface area contributed by atoms with Crippen molar-refractivity contribution in [2.24, 2.45) is 10.9 Å². The second-order valence-electron chi connectivity index (χ2n) is 10.1. The van der Waals surface area contributed by atoms with Crippen LogP contribution in [0.15, 0.2) is 77.8 Å². The van der Waals surface area contributed by atoms with E-state index in [-0.39, 0.29) is 12.3 Å². The summed E-state index contributed by atoms with van der Waals surface area (Å²) in [5, 5.41) is 0. The van der Waals surface area contributed by atoms with Crippen molar-refractivity contribution >= 4 is 18.4 Å². The van der Waals surface area contributed by atoms with E-state index < -0.39 is 0 Å². The van der Waals surface area contributed by atoms with Gasteiger partial charge in [0.15, 0.2) is 0 Å². The molecule has 4 unspecified atom stereocenters. The molecule has 2 aromatic rings. The Morgan fingerprint density at radius 1 is 1.00 bits per heavy atom. The van der Waals surface area contributed by atoms with E-state index in [4.69, 9.17) is 14.5 Å². The van der Waals surface area contributed by atoms with Crippen molar-refractivity contribution in [1.29, 1.82) is 0 Å². The highest BCUT2D eigenvalue weighted by Crippen LogP contribution is 2.34. The Morgan fingerprint density at radius 3 is 2.44 bits per heavy atom. The van der Waals surface area contributed by atoms with E-state index in [0.29, 0.717) is 24.6 Å². The molecule has 4 nitrogen and oxygen atoms in total. The van der Waals surface area contributed by atoms with Crippen LogP contribution in [0.5, 0.6) is 0 Å². The molecule has 192 valence electrons. The standard InChI is InChI=1S/C32H42N2O2/c1-3-4-22-35-25-30-24-34(32(36-30)20-18-28-14-9-6-10-15-28)29-19-17-26(2)31(23-29)33-21-11-16-27-12-7-5-8-13-27/h5-16,18,20-21,26,29-32H,3-4,17,19,22-25H2,1-2H3/b16-11+,20-18+,33-21+/t26-,29?,30?,31?,32?/m1/s1. The van der Waals surface area contributed by atoms with E-state index in [0.717, 1.165) is 32.4 Å². The van der Waals surface area contributed by atoms with Crippen molar-refractivity contribution in [2.75, 3.05) is 19.8 Å². The molecule has 1 aliphatic carbocycles. The van der Waals surface area contributed by atoms with Crippen LogP contribution in [0.3, 0.4) is 0 Å². The average molecular weight is 487 g/mol. The van der Waals surface area contributed by atoms with E-state index in [1.807, 2.05) is 12.3 Å². The van der Waals surface area contributed by atoms with Gasteiger partial charge in [0.1, 0.15) is 6.23 Å². The molecule has 0 N–H and O–H groups in total. The number of nitrogens with zero attached hydrogens (tertiary/aromatic N) is 2.